The number of hydrogen-bond donors (Lipinski definition) is 2. The van der Waals surface area contributed by atoms with Gasteiger partial charge in [0.2, 0.25) is 11.8 Å². The lowest BCUT2D eigenvalue weighted by Gasteiger charge is -2.13. The summed E-state index contributed by atoms with van der Waals surface area (Å²) < 4.78 is 16.8. The third-order valence-corrected chi connectivity index (χ3v) is 4.43. The van der Waals surface area contributed by atoms with Gasteiger partial charge >= 0.3 is 0 Å². The summed E-state index contributed by atoms with van der Waals surface area (Å²) in [5.74, 6) is -0.999. The lowest BCUT2D eigenvalue weighted by atomic mass is 10.1. The highest BCUT2D eigenvalue weighted by molar-refractivity contribution is 5.92. The van der Waals surface area contributed by atoms with Crippen LogP contribution in [0.15, 0.2) is 42.9 Å². The molecule has 3 rings (SSSR count). The van der Waals surface area contributed by atoms with Crippen LogP contribution < -0.4 is 10.6 Å². The smallest absolute Gasteiger partial charge is 0.242 e. The van der Waals surface area contributed by atoms with Crippen LogP contribution in [0.2, 0.25) is 0 Å². The van der Waals surface area contributed by atoms with Gasteiger partial charge in [0.1, 0.15) is 12.4 Å². The van der Waals surface area contributed by atoms with E-state index < -0.39 is 5.82 Å². The summed E-state index contributed by atoms with van der Waals surface area (Å²) in [6.07, 6.45) is 4.79. The molecule has 0 unspecified atom stereocenters. The van der Waals surface area contributed by atoms with Crippen molar-refractivity contribution in [1.29, 1.82) is 0 Å². The number of halogens is 1. The highest BCUT2D eigenvalue weighted by atomic mass is 19.1. The minimum Gasteiger partial charge on any atom is -0.348 e. The van der Waals surface area contributed by atoms with Crippen molar-refractivity contribution in [2.45, 2.75) is 32.9 Å². The van der Waals surface area contributed by atoms with Crippen LogP contribution in [0.25, 0.3) is 0 Å². The van der Waals surface area contributed by atoms with Gasteiger partial charge in [0.25, 0.3) is 0 Å². The van der Waals surface area contributed by atoms with E-state index in [4.69, 9.17) is 0 Å². The summed E-state index contributed by atoms with van der Waals surface area (Å²) in [5.41, 5.74) is 2.56. The SMILES string of the molecule is Cc1nn(C)cc1[C@H](C)NC(=O)Cn1cc(NC(=O)Cc2ccccc2F)cn1. The Labute approximate surface area is 167 Å². The van der Waals surface area contributed by atoms with Crippen molar-refractivity contribution < 1.29 is 14.0 Å². The van der Waals surface area contributed by atoms with Gasteiger partial charge in [-0.25, -0.2) is 4.39 Å². The first-order chi connectivity index (χ1) is 13.8. The van der Waals surface area contributed by atoms with E-state index >= 15 is 0 Å². The average Bonchev–Trinajstić information content (AvgIpc) is 3.22. The molecule has 2 heterocycles. The van der Waals surface area contributed by atoms with E-state index in [9.17, 15) is 14.0 Å². The Morgan fingerprint density at radius 3 is 2.66 bits per heavy atom. The number of benzene rings is 1. The summed E-state index contributed by atoms with van der Waals surface area (Å²) in [7, 11) is 1.83. The number of aryl methyl sites for hydroxylation is 2. The first-order valence-electron chi connectivity index (χ1n) is 9.17. The van der Waals surface area contributed by atoms with Crippen LogP contribution in [0.4, 0.5) is 10.1 Å². The Bertz CT molecular complexity index is 1030. The maximum atomic E-state index is 13.6. The molecule has 0 saturated heterocycles. The number of nitrogens with zero attached hydrogens (tertiary/aromatic N) is 4. The van der Waals surface area contributed by atoms with E-state index in [0.29, 0.717) is 11.3 Å². The summed E-state index contributed by atoms with van der Waals surface area (Å²) in [6, 6.07) is 5.94. The van der Waals surface area contributed by atoms with E-state index in [1.807, 2.05) is 27.1 Å². The van der Waals surface area contributed by atoms with E-state index in [2.05, 4.69) is 20.8 Å². The molecular weight excluding hydrogens is 375 g/mol. The fraction of sp³-hybridized carbons (Fsp3) is 0.300. The molecule has 0 aliphatic rings. The minimum absolute atomic E-state index is 0.00678. The van der Waals surface area contributed by atoms with Crippen LogP contribution in [-0.2, 0) is 29.6 Å². The van der Waals surface area contributed by atoms with Gasteiger partial charge < -0.3 is 10.6 Å². The maximum Gasteiger partial charge on any atom is 0.242 e. The van der Waals surface area contributed by atoms with Crippen molar-refractivity contribution in [2.75, 3.05) is 5.32 Å². The van der Waals surface area contributed by atoms with Crippen molar-refractivity contribution >= 4 is 17.5 Å². The molecule has 1 aromatic carbocycles. The normalized spacial score (nSPS) is 11.9. The number of nitrogens with one attached hydrogen (secondary N) is 2. The third-order valence-electron chi connectivity index (χ3n) is 4.43. The van der Waals surface area contributed by atoms with Crippen LogP contribution in [0, 0.1) is 12.7 Å². The molecule has 1 atom stereocenters. The second kappa shape index (κ2) is 8.68. The van der Waals surface area contributed by atoms with Gasteiger partial charge in [0.05, 0.1) is 30.0 Å². The lowest BCUT2D eigenvalue weighted by molar-refractivity contribution is -0.122. The fourth-order valence-electron chi connectivity index (χ4n) is 3.09. The molecule has 0 spiro atoms. The monoisotopic (exact) mass is 398 g/mol. The van der Waals surface area contributed by atoms with Gasteiger partial charge in [-0.15, -0.1) is 0 Å². The van der Waals surface area contributed by atoms with Gasteiger partial charge in [0, 0.05) is 25.0 Å². The van der Waals surface area contributed by atoms with Gasteiger partial charge in [-0.2, -0.15) is 10.2 Å². The number of amides is 2. The van der Waals surface area contributed by atoms with Crippen molar-refractivity contribution in [1.82, 2.24) is 24.9 Å². The predicted molar refractivity (Wildman–Crippen MR) is 105 cm³/mol. The molecule has 8 nitrogen and oxygen atoms in total. The number of carbonyl (C=O) groups excluding carboxylic acids is 2. The van der Waals surface area contributed by atoms with Crippen LogP contribution in [-0.4, -0.2) is 31.4 Å². The second-order valence-electron chi connectivity index (χ2n) is 6.88. The Balaban J connectivity index is 1.53. The van der Waals surface area contributed by atoms with Crippen LogP contribution in [0.3, 0.4) is 0 Å². The molecule has 152 valence electrons. The Kier molecular flexibility index (Phi) is 6.06. The minimum atomic E-state index is -0.423. The topological polar surface area (TPSA) is 93.8 Å². The number of hydrogen-bond acceptors (Lipinski definition) is 4. The van der Waals surface area contributed by atoms with Crippen molar-refractivity contribution in [2.24, 2.45) is 7.05 Å². The largest absolute Gasteiger partial charge is 0.348 e. The summed E-state index contributed by atoms with van der Waals surface area (Å²) in [6.45, 7) is 3.79. The van der Waals surface area contributed by atoms with Gasteiger partial charge in [0.15, 0.2) is 0 Å². The first kappa shape index (κ1) is 20.2. The standard InChI is InChI=1S/C20H23FN6O2/c1-13(17-11-26(3)25-14(17)2)23-20(29)12-27-10-16(9-22-27)24-19(28)8-15-6-4-5-7-18(15)21/h4-7,9-11,13H,8,12H2,1-3H3,(H,23,29)(H,24,28)/t13-/m0/s1. The second-order valence-corrected chi connectivity index (χ2v) is 6.88. The molecule has 0 aliphatic heterocycles. The third kappa shape index (κ3) is 5.28. The highest BCUT2D eigenvalue weighted by Gasteiger charge is 2.15. The molecule has 0 aliphatic carbocycles. The predicted octanol–water partition coefficient (Wildman–Crippen LogP) is 2.12. The summed E-state index contributed by atoms with van der Waals surface area (Å²) in [4.78, 5) is 24.4. The highest BCUT2D eigenvalue weighted by Crippen LogP contribution is 2.15. The number of aromatic nitrogens is 4. The zero-order valence-corrected chi connectivity index (χ0v) is 16.5. The van der Waals surface area contributed by atoms with Crippen molar-refractivity contribution in [3.05, 3.63) is 65.5 Å². The Morgan fingerprint density at radius 1 is 1.21 bits per heavy atom. The van der Waals surface area contributed by atoms with Crippen molar-refractivity contribution in [3.8, 4) is 0 Å². The zero-order chi connectivity index (χ0) is 21.0. The fourth-order valence-corrected chi connectivity index (χ4v) is 3.09. The number of rotatable bonds is 7. The maximum absolute atomic E-state index is 13.6. The summed E-state index contributed by atoms with van der Waals surface area (Å²) >= 11 is 0. The van der Waals surface area contributed by atoms with Gasteiger partial charge in [-0.3, -0.25) is 19.0 Å². The van der Waals surface area contributed by atoms with Crippen LogP contribution in [0.5, 0.6) is 0 Å². The van der Waals surface area contributed by atoms with E-state index in [1.54, 1.807) is 29.1 Å². The zero-order valence-electron chi connectivity index (χ0n) is 16.5. The van der Waals surface area contributed by atoms with Gasteiger partial charge in [-0.1, -0.05) is 18.2 Å². The van der Waals surface area contributed by atoms with E-state index in [1.165, 1.54) is 16.9 Å². The van der Waals surface area contributed by atoms with Crippen LogP contribution >= 0.6 is 0 Å². The molecule has 2 aromatic heterocycles. The Hall–Kier alpha value is -3.49. The summed E-state index contributed by atoms with van der Waals surface area (Å²) in [5, 5.41) is 13.9. The Morgan fingerprint density at radius 2 is 1.97 bits per heavy atom. The molecule has 0 bridgehead atoms. The van der Waals surface area contributed by atoms with Gasteiger partial charge in [-0.05, 0) is 25.5 Å². The van der Waals surface area contributed by atoms with Crippen LogP contribution in [0.1, 0.15) is 29.8 Å². The molecule has 0 radical (unpaired) electrons. The molecule has 9 heteroatoms. The van der Waals surface area contributed by atoms with E-state index in [0.717, 1.165) is 11.3 Å². The lowest BCUT2D eigenvalue weighted by Crippen LogP contribution is -2.30. The first-order valence-corrected chi connectivity index (χ1v) is 9.17. The number of carbonyl (C=O) groups is 2. The molecule has 29 heavy (non-hydrogen) atoms. The molecular formula is C20H23FN6O2. The van der Waals surface area contributed by atoms with E-state index in [-0.39, 0.29) is 30.8 Å². The molecule has 2 amide bonds. The number of anilines is 1. The van der Waals surface area contributed by atoms with Crippen molar-refractivity contribution in [3.63, 3.8) is 0 Å². The average molecular weight is 398 g/mol. The quantitative estimate of drug-likeness (QED) is 0.638. The molecule has 2 N–H and O–H groups in total. The molecule has 0 fully saturated rings. The molecule has 3 aromatic rings. The molecule has 0 saturated carbocycles.